The third-order valence-corrected chi connectivity index (χ3v) is 8.93. The zero-order valence-corrected chi connectivity index (χ0v) is 18.1. The van der Waals surface area contributed by atoms with Crippen LogP contribution in [0.5, 0.6) is 0 Å². The Labute approximate surface area is 172 Å². The number of carbonyl (C=O) groups excluding carboxylic acids is 1. The summed E-state index contributed by atoms with van der Waals surface area (Å²) in [5, 5.41) is 33.5. The molecule has 3 aliphatic carbocycles. The van der Waals surface area contributed by atoms with E-state index in [1.54, 1.807) is 6.92 Å². The van der Waals surface area contributed by atoms with E-state index >= 15 is 0 Å². The molecule has 7 nitrogen and oxygen atoms in total. The number of carbonyl (C=O) groups is 1. The Hall–Kier alpha value is -0.990. The van der Waals surface area contributed by atoms with E-state index in [0.29, 0.717) is 12.2 Å². The first-order chi connectivity index (χ1) is 13.4. The van der Waals surface area contributed by atoms with E-state index in [1.807, 2.05) is 26.8 Å². The van der Waals surface area contributed by atoms with Crippen molar-refractivity contribution in [3.63, 3.8) is 0 Å². The number of aliphatic hydroxyl groups is 3. The molecule has 0 bridgehead atoms. The Morgan fingerprint density at radius 3 is 2.41 bits per heavy atom. The van der Waals surface area contributed by atoms with Crippen LogP contribution in [0, 0.1) is 34.5 Å². The highest BCUT2D eigenvalue weighted by molar-refractivity contribution is 5.99. The third kappa shape index (κ3) is 2.45. The minimum atomic E-state index is -1.38. The van der Waals surface area contributed by atoms with Gasteiger partial charge in [-0.15, -0.1) is 0 Å². The van der Waals surface area contributed by atoms with Crippen LogP contribution in [0.15, 0.2) is 11.8 Å². The topological polar surface area (TPSA) is 105 Å². The molecule has 29 heavy (non-hydrogen) atoms. The molecule has 3 fully saturated rings. The Kier molecular flexibility index (Phi) is 4.76. The van der Waals surface area contributed by atoms with Crippen molar-refractivity contribution in [2.24, 2.45) is 34.5 Å². The first-order valence-corrected chi connectivity index (χ1v) is 10.5. The molecule has 0 aromatic heterocycles. The van der Waals surface area contributed by atoms with Crippen LogP contribution in [-0.4, -0.2) is 65.5 Å². The van der Waals surface area contributed by atoms with Gasteiger partial charge in [0.2, 0.25) is 5.78 Å². The van der Waals surface area contributed by atoms with E-state index in [4.69, 9.17) is 14.2 Å². The number of ether oxygens (including phenoxy) is 3. The maximum absolute atomic E-state index is 13.6. The van der Waals surface area contributed by atoms with Crippen LogP contribution >= 0.6 is 0 Å². The fraction of sp³-hybridized carbons (Fsp3) is 0.864. The molecule has 1 saturated heterocycles. The van der Waals surface area contributed by atoms with Gasteiger partial charge in [0, 0.05) is 36.2 Å². The van der Waals surface area contributed by atoms with Crippen LogP contribution in [0.1, 0.15) is 40.5 Å². The van der Waals surface area contributed by atoms with Crippen molar-refractivity contribution >= 4 is 5.78 Å². The molecule has 11 atom stereocenters. The van der Waals surface area contributed by atoms with Gasteiger partial charge in [-0.2, -0.15) is 0 Å². The Morgan fingerprint density at radius 1 is 1.17 bits per heavy atom. The molecule has 3 N–H and O–H groups in total. The number of fused-ring (bicyclic) bond motifs is 2. The van der Waals surface area contributed by atoms with Gasteiger partial charge < -0.3 is 29.5 Å². The fourth-order valence-corrected chi connectivity index (χ4v) is 7.77. The lowest BCUT2D eigenvalue weighted by atomic mass is 9.37. The molecule has 0 radical (unpaired) electrons. The molecule has 0 unspecified atom stereocenters. The first-order valence-electron chi connectivity index (χ1n) is 10.5. The second-order valence-electron chi connectivity index (χ2n) is 10.1. The molecule has 1 heterocycles. The van der Waals surface area contributed by atoms with E-state index in [2.05, 4.69) is 0 Å². The molecule has 4 aliphatic rings. The zero-order chi connectivity index (χ0) is 21.5. The summed E-state index contributed by atoms with van der Waals surface area (Å²) in [5.74, 6) is -0.764. The lowest BCUT2D eigenvalue weighted by Gasteiger charge is -2.70. The zero-order valence-electron chi connectivity index (χ0n) is 18.1. The number of rotatable bonds is 2. The molecule has 2 saturated carbocycles. The molecule has 0 aromatic carbocycles. The van der Waals surface area contributed by atoms with Crippen molar-refractivity contribution < 1.29 is 34.3 Å². The van der Waals surface area contributed by atoms with Crippen LogP contribution in [0.3, 0.4) is 0 Å². The maximum Gasteiger partial charge on any atom is 0.203 e. The molecule has 4 rings (SSSR count). The molecule has 0 amide bonds. The van der Waals surface area contributed by atoms with Crippen molar-refractivity contribution in [1.82, 2.24) is 0 Å². The number of hydrogen-bond acceptors (Lipinski definition) is 7. The van der Waals surface area contributed by atoms with Crippen LogP contribution in [0.4, 0.5) is 0 Å². The second kappa shape index (κ2) is 6.50. The van der Waals surface area contributed by atoms with Gasteiger partial charge in [0.1, 0.15) is 6.10 Å². The second-order valence-corrected chi connectivity index (χ2v) is 10.1. The molecule has 1 aliphatic heterocycles. The van der Waals surface area contributed by atoms with Gasteiger partial charge in [-0.25, -0.2) is 0 Å². The van der Waals surface area contributed by atoms with Crippen molar-refractivity contribution in [3.05, 3.63) is 11.8 Å². The lowest BCUT2D eigenvalue weighted by molar-refractivity contribution is -0.354. The number of hydrogen-bond donors (Lipinski definition) is 3. The van der Waals surface area contributed by atoms with Gasteiger partial charge in [0.15, 0.2) is 12.0 Å². The monoisotopic (exact) mass is 410 g/mol. The summed E-state index contributed by atoms with van der Waals surface area (Å²) < 4.78 is 17.0. The van der Waals surface area contributed by atoms with E-state index in [-0.39, 0.29) is 30.1 Å². The van der Waals surface area contributed by atoms with E-state index < -0.39 is 46.8 Å². The quantitative estimate of drug-likeness (QED) is 0.629. The van der Waals surface area contributed by atoms with Gasteiger partial charge in [-0.05, 0) is 31.3 Å². The minimum absolute atomic E-state index is 0.0361. The van der Waals surface area contributed by atoms with Crippen molar-refractivity contribution in [2.45, 2.75) is 70.7 Å². The molecule has 164 valence electrons. The average molecular weight is 411 g/mol. The summed E-state index contributed by atoms with van der Waals surface area (Å²) in [7, 11) is 2.96. The number of methoxy groups -OCH3 is 2. The summed E-state index contributed by atoms with van der Waals surface area (Å²) in [5.41, 5.74) is -3.00. The molecular formula is C22H34O7. The summed E-state index contributed by atoms with van der Waals surface area (Å²) in [6.07, 6.45) is -0.691. The minimum Gasteiger partial charge on any atom is -0.493 e. The highest BCUT2D eigenvalue weighted by Crippen LogP contribution is 2.69. The average Bonchev–Trinajstić information content (AvgIpc) is 2.63. The van der Waals surface area contributed by atoms with Gasteiger partial charge in [0.05, 0.1) is 24.9 Å². The SMILES string of the molecule is COC1=C[C@@H](C)[C@@H]2C[C@H]3O[C@H](O)C[C@H]4[C@](C)(O)[C@H](OC)[C@@H](O)[C@H]([C@@]2(C)C1=O)[C@@]34C. The smallest absolute Gasteiger partial charge is 0.203 e. The van der Waals surface area contributed by atoms with Gasteiger partial charge >= 0.3 is 0 Å². The molecular weight excluding hydrogens is 376 g/mol. The van der Waals surface area contributed by atoms with Gasteiger partial charge in [-0.1, -0.05) is 20.8 Å². The number of ketones is 1. The van der Waals surface area contributed by atoms with Crippen molar-refractivity contribution in [3.8, 4) is 0 Å². The Bertz CT molecular complexity index is 733. The van der Waals surface area contributed by atoms with Gasteiger partial charge in [-0.3, -0.25) is 4.79 Å². The van der Waals surface area contributed by atoms with Gasteiger partial charge in [0.25, 0.3) is 0 Å². The highest BCUT2D eigenvalue weighted by Gasteiger charge is 2.75. The molecule has 0 spiro atoms. The van der Waals surface area contributed by atoms with Crippen LogP contribution in [-0.2, 0) is 19.0 Å². The largest absolute Gasteiger partial charge is 0.493 e. The van der Waals surface area contributed by atoms with E-state index in [0.717, 1.165) is 0 Å². The molecule has 0 aromatic rings. The summed E-state index contributed by atoms with van der Waals surface area (Å²) >= 11 is 0. The van der Waals surface area contributed by atoms with E-state index in [9.17, 15) is 20.1 Å². The van der Waals surface area contributed by atoms with Crippen molar-refractivity contribution in [1.29, 1.82) is 0 Å². The summed E-state index contributed by atoms with van der Waals surface area (Å²) in [6.45, 7) is 7.62. The predicted molar refractivity (Wildman–Crippen MR) is 103 cm³/mol. The summed E-state index contributed by atoms with van der Waals surface area (Å²) in [4.78, 5) is 13.6. The Morgan fingerprint density at radius 2 is 1.83 bits per heavy atom. The first kappa shape index (κ1) is 21.2. The normalized spacial score (nSPS) is 56.9. The van der Waals surface area contributed by atoms with Crippen molar-refractivity contribution in [2.75, 3.05) is 14.2 Å². The van der Waals surface area contributed by atoms with Crippen LogP contribution in [0.25, 0.3) is 0 Å². The fourth-order valence-electron chi connectivity index (χ4n) is 7.77. The number of Topliss-reactive ketones (excluding diaryl/α,β-unsaturated/α-hetero) is 1. The number of aliphatic hydroxyl groups excluding tert-OH is 2. The predicted octanol–water partition coefficient (Wildman–Crippen LogP) is 1.25. The standard InChI is InChI=1S/C22H34O7/c1-10-7-12(27-5)18(25)20(2)11(10)8-14-21(3)13(9-15(23)29-14)22(4,26)19(28-6)16(24)17(20)21/h7,10-11,13-17,19,23-24,26H,8-9H2,1-6H3/t10-,11+,13-,14-,15+,16+,17-,19-,20+,21-,22+/m1/s1. The van der Waals surface area contributed by atoms with E-state index in [1.165, 1.54) is 14.2 Å². The maximum atomic E-state index is 13.6. The Balaban J connectivity index is 1.95. The van der Waals surface area contributed by atoms with Crippen LogP contribution < -0.4 is 0 Å². The van der Waals surface area contributed by atoms with Crippen LogP contribution in [0.2, 0.25) is 0 Å². The third-order valence-electron chi connectivity index (χ3n) is 8.93. The highest BCUT2D eigenvalue weighted by atomic mass is 16.6. The molecule has 7 heteroatoms. The number of allylic oxidation sites excluding steroid dienone is 2. The lowest BCUT2D eigenvalue weighted by Crippen LogP contribution is -2.78. The summed E-state index contributed by atoms with van der Waals surface area (Å²) in [6, 6.07) is 0.